The molecule has 0 aromatic rings. The summed E-state index contributed by atoms with van der Waals surface area (Å²) >= 11 is 10.7. The van der Waals surface area contributed by atoms with E-state index in [1.807, 2.05) is 0 Å². The second-order valence-corrected chi connectivity index (χ2v) is 8.93. The van der Waals surface area contributed by atoms with E-state index in [-0.39, 0.29) is 14.0 Å². The highest BCUT2D eigenvalue weighted by Gasteiger charge is 2.48. The van der Waals surface area contributed by atoms with Gasteiger partial charge < -0.3 is 0 Å². The third kappa shape index (κ3) is 3.19. The van der Waals surface area contributed by atoms with Crippen molar-refractivity contribution in [2.75, 3.05) is 0 Å². The molecular weight excluding hydrogens is 394 g/mol. The van der Waals surface area contributed by atoms with Crippen molar-refractivity contribution in [3.8, 4) is 0 Å². The van der Waals surface area contributed by atoms with Crippen LogP contribution in [0.3, 0.4) is 0 Å². The maximum Gasteiger partial charge on any atom is 0.220 e. The van der Waals surface area contributed by atoms with Gasteiger partial charge >= 0.3 is 0 Å². The first-order chi connectivity index (χ1) is 6.91. The molecular formula is C8H10Br3N3O. The standard InChI is InChI=1S/C8H10Br3N3O/c9-7(5-6(15)13-14-12)3-1-2-4-8(7,10)11/h1-5H2. The van der Waals surface area contributed by atoms with Gasteiger partial charge in [0.05, 0.1) is 7.56 Å². The Morgan fingerprint density at radius 2 is 1.93 bits per heavy atom. The smallest absolute Gasteiger partial charge is 0.220 e. The molecule has 1 rings (SSSR count). The zero-order valence-corrected chi connectivity index (χ0v) is 12.7. The van der Waals surface area contributed by atoms with Gasteiger partial charge in [0, 0.05) is 11.3 Å². The minimum atomic E-state index is -0.431. The minimum absolute atomic E-state index is 0.202. The third-order valence-electron chi connectivity index (χ3n) is 2.56. The van der Waals surface area contributed by atoms with Gasteiger partial charge in [-0.1, -0.05) is 60.6 Å². The number of rotatable bonds is 2. The number of carbonyl (C=O) groups is 1. The Kier molecular flexibility index (Phi) is 4.64. The quantitative estimate of drug-likeness (QED) is 0.291. The highest BCUT2D eigenvalue weighted by molar-refractivity contribution is 9.26. The number of azide groups is 1. The lowest BCUT2D eigenvalue weighted by molar-refractivity contribution is -0.118. The van der Waals surface area contributed by atoms with E-state index >= 15 is 0 Å². The van der Waals surface area contributed by atoms with Gasteiger partial charge in [-0.2, -0.15) is 0 Å². The molecule has 84 valence electrons. The summed E-state index contributed by atoms with van der Waals surface area (Å²) in [7, 11) is 0. The van der Waals surface area contributed by atoms with Crippen molar-refractivity contribution in [2.24, 2.45) is 5.11 Å². The number of hydrogen-bond donors (Lipinski definition) is 0. The minimum Gasteiger partial charge on any atom is -0.293 e. The zero-order chi connectivity index (χ0) is 11.5. The van der Waals surface area contributed by atoms with Crippen molar-refractivity contribution in [3.63, 3.8) is 0 Å². The molecule has 15 heavy (non-hydrogen) atoms. The van der Waals surface area contributed by atoms with Gasteiger partial charge in [-0.05, 0) is 23.5 Å². The molecule has 4 nitrogen and oxygen atoms in total. The summed E-state index contributed by atoms with van der Waals surface area (Å²) in [6.45, 7) is 0. The van der Waals surface area contributed by atoms with Crippen LogP contribution in [0.2, 0.25) is 0 Å². The van der Waals surface area contributed by atoms with Crippen LogP contribution in [-0.4, -0.2) is 13.5 Å². The molecule has 1 saturated carbocycles. The van der Waals surface area contributed by atoms with Gasteiger partial charge in [-0.3, -0.25) is 4.79 Å². The van der Waals surface area contributed by atoms with Crippen LogP contribution in [0.15, 0.2) is 5.11 Å². The highest BCUT2D eigenvalue weighted by Crippen LogP contribution is 2.54. The Labute approximate surface area is 113 Å². The summed E-state index contributed by atoms with van der Waals surface area (Å²) in [5, 5.41) is 3.10. The van der Waals surface area contributed by atoms with Crippen molar-refractivity contribution in [3.05, 3.63) is 10.4 Å². The van der Waals surface area contributed by atoms with Gasteiger partial charge in [-0.15, -0.1) is 0 Å². The van der Waals surface area contributed by atoms with Crippen LogP contribution in [0.5, 0.6) is 0 Å². The lowest BCUT2D eigenvalue weighted by Crippen LogP contribution is -2.44. The van der Waals surface area contributed by atoms with Crippen molar-refractivity contribution in [1.29, 1.82) is 0 Å². The monoisotopic (exact) mass is 401 g/mol. The molecule has 0 radical (unpaired) electrons. The molecule has 1 fully saturated rings. The fourth-order valence-corrected chi connectivity index (χ4v) is 3.66. The first kappa shape index (κ1) is 13.5. The fraction of sp³-hybridized carbons (Fsp3) is 0.875. The average Bonchev–Trinajstić information content (AvgIpc) is 2.11. The van der Waals surface area contributed by atoms with Crippen LogP contribution in [0.25, 0.3) is 10.4 Å². The second kappa shape index (κ2) is 5.17. The summed E-state index contributed by atoms with van der Waals surface area (Å²) in [4.78, 5) is 13.8. The Morgan fingerprint density at radius 1 is 1.33 bits per heavy atom. The van der Waals surface area contributed by atoms with Gasteiger partial charge in [-0.25, -0.2) is 0 Å². The lowest BCUT2D eigenvalue weighted by Gasteiger charge is -2.42. The highest BCUT2D eigenvalue weighted by atomic mass is 79.9. The average molecular weight is 404 g/mol. The van der Waals surface area contributed by atoms with Crippen LogP contribution >= 0.6 is 47.8 Å². The van der Waals surface area contributed by atoms with E-state index in [1.54, 1.807) is 0 Å². The molecule has 1 amide bonds. The topological polar surface area (TPSA) is 65.8 Å². The van der Waals surface area contributed by atoms with E-state index in [4.69, 9.17) is 5.53 Å². The first-order valence-electron chi connectivity index (χ1n) is 4.56. The Hall–Kier alpha value is 0.420. The Morgan fingerprint density at radius 3 is 2.47 bits per heavy atom. The predicted octanol–water partition coefficient (Wildman–Crippen LogP) is 4.41. The molecule has 0 heterocycles. The third-order valence-corrected chi connectivity index (χ3v) is 7.29. The van der Waals surface area contributed by atoms with E-state index in [2.05, 4.69) is 57.8 Å². The van der Waals surface area contributed by atoms with Crippen LogP contribution in [0.1, 0.15) is 32.1 Å². The summed E-state index contributed by atoms with van der Waals surface area (Å²) in [6, 6.07) is 0. The van der Waals surface area contributed by atoms with Crippen molar-refractivity contribution in [1.82, 2.24) is 0 Å². The molecule has 1 atom stereocenters. The van der Waals surface area contributed by atoms with E-state index in [0.29, 0.717) is 0 Å². The van der Waals surface area contributed by atoms with E-state index in [0.717, 1.165) is 25.7 Å². The molecule has 0 saturated heterocycles. The van der Waals surface area contributed by atoms with Crippen molar-refractivity contribution >= 4 is 53.7 Å². The predicted molar refractivity (Wildman–Crippen MR) is 69.5 cm³/mol. The summed E-state index contributed by atoms with van der Waals surface area (Å²) in [5.41, 5.74) is 8.18. The fourth-order valence-electron chi connectivity index (χ4n) is 1.70. The maximum atomic E-state index is 11.3. The lowest BCUT2D eigenvalue weighted by atomic mass is 9.86. The molecule has 1 unspecified atom stereocenters. The molecule has 0 aromatic heterocycles. The summed E-state index contributed by atoms with van der Waals surface area (Å²) < 4.78 is -0.671. The van der Waals surface area contributed by atoms with Gasteiger partial charge in [0.25, 0.3) is 0 Å². The number of nitrogens with zero attached hydrogens (tertiary/aromatic N) is 3. The molecule has 0 spiro atoms. The molecule has 0 bridgehead atoms. The molecule has 1 aliphatic rings. The number of halogens is 3. The summed E-state index contributed by atoms with van der Waals surface area (Å²) in [6.07, 6.45) is 4.18. The Balaban J connectivity index is 2.79. The molecule has 7 heteroatoms. The van der Waals surface area contributed by atoms with Crippen LogP contribution < -0.4 is 0 Å². The van der Waals surface area contributed by atoms with E-state index < -0.39 is 5.91 Å². The van der Waals surface area contributed by atoms with E-state index in [1.165, 1.54) is 0 Å². The van der Waals surface area contributed by atoms with Crippen molar-refractivity contribution < 1.29 is 4.79 Å². The number of carbonyl (C=O) groups excluding carboxylic acids is 1. The largest absolute Gasteiger partial charge is 0.293 e. The van der Waals surface area contributed by atoms with Crippen LogP contribution in [-0.2, 0) is 4.79 Å². The van der Waals surface area contributed by atoms with Gasteiger partial charge in [0.1, 0.15) is 0 Å². The van der Waals surface area contributed by atoms with Gasteiger partial charge in [0.2, 0.25) is 5.91 Å². The van der Waals surface area contributed by atoms with Crippen LogP contribution in [0, 0.1) is 0 Å². The zero-order valence-electron chi connectivity index (χ0n) is 7.92. The number of hydrogen-bond acceptors (Lipinski definition) is 1. The first-order valence-corrected chi connectivity index (χ1v) is 6.94. The van der Waals surface area contributed by atoms with Crippen LogP contribution in [0.4, 0.5) is 0 Å². The van der Waals surface area contributed by atoms with Gasteiger partial charge in [0.15, 0.2) is 0 Å². The Bertz CT molecular complexity index is 314. The molecule has 0 aliphatic heterocycles. The second-order valence-electron chi connectivity index (χ2n) is 3.64. The summed E-state index contributed by atoms with van der Waals surface area (Å²) in [5.74, 6) is -0.431. The molecule has 0 N–H and O–H groups in total. The maximum absolute atomic E-state index is 11.3. The SMILES string of the molecule is [N-]=[N+]=NC(=O)CC1(Br)CCCCC1(Br)Br. The molecule has 1 aliphatic carbocycles. The molecule has 0 aromatic carbocycles. The normalized spacial score (nSPS) is 29.3. The van der Waals surface area contributed by atoms with E-state index in [9.17, 15) is 4.79 Å². The van der Waals surface area contributed by atoms with Crippen molar-refractivity contribution in [2.45, 2.75) is 39.7 Å². The number of alkyl halides is 3. The number of amides is 1.